The van der Waals surface area contributed by atoms with E-state index in [1.165, 1.54) is 0 Å². The molecule has 1 heterocycles. The van der Waals surface area contributed by atoms with E-state index in [2.05, 4.69) is 31.4 Å². The smallest absolute Gasteiger partial charge is 0.250 e. The van der Waals surface area contributed by atoms with E-state index in [9.17, 15) is 4.79 Å². The molecule has 1 aliphatic rings. The highest BCUT2D eigenvalue weighted by molar-refractivity contribution is 5.81. The Balaban J connectivity index is 2.38. The lowest BCUT2D eigenvalue weighted by Crippen LogP contribution is -2.51. The molecule has 0 aromatic rings. The van der Waals surface area contributed by atoms with Gasteiger partial charge in [-0.3, -0.25) is 4.79 Å². The molecule has 0 saturated carbocycles. The summed E-state index contributed by atoms with van der Waals surface area (Å²) in [5.74, 6) is 0.484. The molecule has 1 amide bonds. The Hall–Kier alpha value is -0.610. The van der Waals surface area contributed by atoms with Crippen LogP contribution in [0.3, 0.4) is 0 Å². The van der Waals surface area contributed by atoms with Gasteiger partial charge in [0.2, 0.25) is 0 Å². The highest BCUT2D eigenvalue weighted by Gasteiger charge is 2.24. The molecule has 1 fully saturated rings. The van der Waals surface area contributed by atoms with E-state index in [1.807, 2.05) is 0 Å². The van der Waals surface area contributed by atoms with Gasteiger partial charge in [0.25, 0.3) is 5.91 Å². The van der Waals surface area contributed by atoms with Gasteiger partial charge in [-0.25, -0.2) is 0 Å². The second-order valence-electron chi connectivity index (χ2n) is 4.33. The number of ether oxygens (including phenoxy) is 1. The van der Waals surface area contributed by atoms with Crippen molar-refractivity contribution in [2.45, 2.75) is 39.3 Å². The average molecular weight is 214 g/mol. The Kier molecular flexibility index (Phi) is 5.05. The first-order valence-electron chi connectivity index (χ1n) is 5.77. The minimum absolute atomic E-state index is 0.0164. The van der Waals surface area contributed by atoms with Crippen LogP contribution in [0.15, 0.2) is 0 Å². The lowest BCUT2D eigenvalue weighted by atomic mass is 10.0. The number of hydrogen-bond donors (Lipinski definition) is 2. The second kappa shape index (κ2) is 6.08. The number of amides is 1. The van der Waals surface area contributed by atoms with E-state index in [-0.39, 0.29) is 18.1 Å². The summed E-state index contributed by atoms with van der Waals surface area (Å²) in [4.78, 5) is 11.8. The quantitative estimate of drug-likeness (QED) is 0.717. The minimum Gasteiger partial charge on any atom is -0.366 e. The minimum atomic E-state index is -0.313. The molecule has 0 radical (unpaired) electrons. The number of rotatable bonds is 4. The third kappa shape index (κ3) is 3.80. The van der Waals surface area contributed by atoms with Gasteiger partial charge in [-0.05, 0) is 12.3 Å². The molecule has 0 aromatic heterocycles. The molecule has 0 aliphatic carbocycles. The van der Waals surface area contributed by atoms with Crippen LogP contribution in [-0.2, 0) is 9.53 Å². The van der Waals surface area contributed by atoms with Crippen molar-refractivity contribution in [3.8, 4) is 0 Å². The van der Waals surface area contributed by atoms with Gasteiger partial charge in [0.05, 0.1) is 6.61 Å². The third-order valence-corrected chi connectivity index (χ3v) is 2.79. The van der Waals surface area contributed by atoms with Crippen LogP contribution in [-0.4, -0.2) is 37.7 Å². The zero-order valence-corrected chi connectivity index (χ0v) is 9.88. The maximum absolute atomic E-state index is 11.8. The second-order valence-corrected chi connectivity index (χ2v) is 4.33. The molecule has 1 rings (SSSR count). The van der Waals surface area contributed by atoms with Crippen molar-refractivity contribution in [1.29, 1.82) is 0 Å². The summed E-state index contributed by atoms with van der Waals surface area (Å²) in [7, 11) is 0. The van der Waals surface area contributed by atoms with E-state index in [1.54, 1.807) is 0 Å². The first kappa shape index (κ1) is 12.5. The molecule has 1 saturated heterocycles. The Morgan fingerprint density at radius 1 is 1.60 bits per heavy atom. The normalized spacial score (nSPS) is 23.9. The maximum atomic E-state index is 11.8. The predicted octanol–water partition coefficient (Wildman–Crippen LogP) is 0.526. The number of hydrogen-bond acceptors (Lipinski definition) is 3. The van der Waals surface area contributed by atoms with Crippen LogP contribution in [0.2, 0.25) is 0 Å². The third-order valence-electron chi connectivity index (χ3n) is 2.79. The van der Waals surface area contributed by atoms with Crippen molar-refractivity contribution in [2.24, 2.45) is 5.92 Å². The Morgan fingerprint density at radius 3 is 2.80 bits per heavy atom. The topological polar surface area (TPSA) is 50.4 Å². The van der Waals surface area contributed by atoms with Crippen LogP contribution in [0.25, 0.3) is 0 Å². The highest BCUT2D eigenvalue weighted by atomic mass is 16.5. The van der Waals surface area contributed by atoms with Crippen LogP contribution < -0.4 is 10.6 Å². The number of carbonyl (C=O) groups is 1. The van der Waals surface area contributed by atoms with Crippen molar-refractivity contribution in [3.05, 3.63) is 0 Å². The fourth-order valence-electron chi connectivity index (χ4n) is 1.75. The first-order valence-corrected chi connectivity index (χ1v) is 5.77. The standard InChI is InChI=1S/C11H22N2O2/c1-4-9(8(2)3)13-11(14)10-7-12-5-6-15-10/h8-10,12H,4-7H2,1-3H3,(H,13,14). The molecular weight excluding hydrogens is 192 g/mol. The summed E-state index contributed by atoms with van der Waals surface area (Å²) in [6, 6.07) is 0.253. The monoisotopic (exact) mass is 214 g/mol. The van der Waals surface area contributed by atoms with Gasteiger partial charge >= 0.3 is 0 Å². The van der Waals surface area contributed by atoms with E-state index in [0.29, 0.717) is 19.1 Å². The largest absolute Gasteiger partial charge is 0.366 e. The van der Waals surface area contributed by atoms with Gasteiger partial charge in [0.1, 0.15) is 6.10 Å². The molecule has 0 spiro atoms. The van der Waals surface area contributed by atoms with Gasteiger partial charge in [0, 0.05) is 19.1 Å². The van der Waals surface area contributed by atoms with Crippen molar-refractivity contribution < 1.29 is 9.53 Å². The van der Waals surface area contributed by atoms with Gasteiger partial charge in [-0.2, -0.15) is 0 Å². The van der Waals surface area contributed by atoms with Crippen LogP contribution in [0.1, 0.15) is 27.2 Å². The number of carbonyl (C=O) groups excluding carboxylic acids is 1. The predicted molar refractivity (Wildman–Crippen MR) is 59.7 cm³/mol. The summed E-state index contributed by atoms with van der Waals surface area (Å²) in [6.07, 6.45) is 0.648. The van der Waals surface area contributed by atoms with Crippen molar-refractivity contribution in [2.75, 3.05) is 19.7 Å². The maximum Gasteiger partial charge on any atom is 0.250 e. The molecule has 0 bridgehead atoms. The van der Waals surface area contributed by atoms with Gasteiger partial charge in [-0.1, -0.05) is 20.8 Å². The zero-order valence-electron chi connectivity index (χ0n) is 9.88. The molecule has 2 atom stereocenters. The summed E-state index contributed by atoms with van der Waals surface area (Å²) in [5.41, 5.74) is 0. The summed E-state index contributed by atoms with van der Waals surface area (Å²) in [6.45, 7) is 8.41. The summed E-state index contributed by atoms with van der Waals surface area (Å²) >= 11 is 0. The molecule has 2 unspecified atom stereocenters. The number of morpholine rings is 1. The van der Waals surface area contributed by atoms with Gasteiger partial charge < -0.3 is 15.4 Å². The van der Waals surface area contributed by atoms with Crippen LogP contribution >= 0.6 is 0 Å². The number of nitrogens with one attached hydrogen (secondary N) is 2. The van der Waals surface area contributed by atoms with Crippen molar-refractivity contribution in [3.63, 3.8) is 0 Å². The first-order chi connectivity index (χ1) is 7.15. The molecule has 88 valence electrons. The van der Waals surface area contributed by atoms with E-state index < -0.39 is 0 Å². The fourth-order valence-corrected chi connectivity index (χ4v) is 1.75. The summed E-state index contributed by atoms with van der Waals surface area (Å²) < 4.78 is 5.39. The Bertz CT molecular complexity index is 201. The zero-order chi connectivity index (χ0) is 11.3. The molecular formula is C11H22N2O2. The summed E-state index contributed by atoms with van der Waals surface area (Å²) in [5, 5.41) is 6.18. The molecule has 2 N–H and O–H groups in total. The van der Waals surface area contributed by atoms with E-state index in [4.69, 9.17) is 4.74 Å². The van der Waals surface area contributed by atoms with Crippen LogP contribution in [0.5, 0.6) is 0 Å². The van der Waals surface area contributed by atoms with Crippen molar-refractivity contribution in [1.82, 2.24) is 10.6 Å². The molecule has 0 aromatic carbocycles. The molecule has 15 heavy (non-hydrogen) atoms. The average Bonchev–Trinajstić information content (AvgIpc) is 2.26. The molecule has 4 nitrogen and oxygen atoms in total. The van der Waals surface area contributed by atoms with E-state index in [0.717, 1.165) is 13.0 Å². The lowest BCUT2D eigenvalue weighted by molar-refractivity contribution is -0.135. The molecule has 4 heteroatoms. The van der Waals surface area contributed by atoms with Crippen LogP contribution in [0.4, 0.5) is 0 Å². The van der Waals surface area contributed by atoms with Gasteiger partial charge in [0.15, 0.2) is 0 Å². The lowest BCUT2D eigenvalue weighted by Gasteiger charge is -2.27. The highest BCUT2D eigenvalue weighted by Crippen LogP contribution is 2.06. The fraction of sp³-hybridized carbons (Fsp3) is 0.909. The van der Waals surface area contributed by atoms with Crippen molar-refractivity contribution >= 4 is 5.91 Å². The SMILES string of the molecule is CCC(NC(=O)C1CNCCO1)C(C)C. The Labute approximate surface area is 91.8 Å². The van der Waals surface area contributed by atoms with E-state index >= 15 is 0 Å². The van der Waals surface area contributed by atoms with Gasteiger partial charge in [-0.15, -0.1) is 0 Å². The Morgan fingerprint density at radius 2 is 2.33 bits per heavy atom. The van der Waals surface area contributed by atoms with Crippen LogP contribution in [0, 0.1) is 5.92 Å². The molecule has 1 aliphatic heterocycles.